The van der Waals surface area contributed by atoms with E-state index >= 15 is 0 Å². The number of para-hydroxylation sites is 1. The molecule has 1 aromatic carbocycles. The van der Waals surface area contributed by atoms with Crippen molar-refractivity contribution in [2.24, 2.45) is 5.73 Å². The molecule has 4 heteroatoms. The zero-order valence-electron chi connectivity index (χ0n) is 12.3. The molecular weight excluding hydrogens is 240 g/mol. The average molecular weight is 264 g/mol. The summed E-state index contributed by atoms with van der Waals surface area (Å²) in [4.78, 5) is 13.1. The quantitative estimate of drug-likeness (QED) is 0.851. The molecule has 0 aliphatic heterocycles. The maximum absolute atomic E-state index is 11.5. The molecule has 2 N–H and O–H groups in total. The minimum atomic E-state index is 0.0716. The summed E-state index contributed by atoms with van der Waals surface area (Å²) in [5, 5.41) is 0. The van der Waals surface area contributed by atoms with Crippen LogP contribution in [0.15, 0.2) is 18.2 Å². The Labute approximate surface area is 115 Å². The van der Waals surface area contributed by atoms with Crippen LogP contribution in [-0.4, -0.2) is 37.6 Å². The fraction of sp³-hybridized carbons (Fsp3) is 0.533. The Morgan fingerprint density at radius 2 is 2.11 bits per heavy atom. The van der Waals surface area contributed by atoms with Crippen LogP contribution in [0.4, 0.5) is 0 Å². The Hall–Kier alpha value is -1.55. The first kappa shape index (κ1) is 15.5. The predicted molar refractivity (Wildman–Crippen MR) is 77.3 cm³/mol. The van der Waals surface area contributed by atoms with E-state index in [4.69, 9.17) is 10.5 Å². The van der Waals surface area contributed by atoms with Gasteiger partial charge in [0.05, 0.1) is 13.0 Å². The monoisotopic (exact) mass is 264 g/mol. The fourth-order valence-corrected chi connectivity index (χ4v) is 1.89. The molecule has 0 saturated heterocycles. The molecule has 4 nitrogen and oxygen atoms in total. The number of rotatable bonds is 6. The average Bonchev–Trinajstić information content (AvgIpc) is 2.31. The molecular formula is C15H24N2O2. The molecule has 0 aromatic heterocycles. The van der Waals surface area contributed by atoms with Crippen molar-refractivity contribution in [1.29, 1.82) is 0 Å². The number of aryl methyl sites for hydroxylation is 1. The SMILES string of the molecule is Cc1cccc(CC(C)N)c1OCCC(=O)N(C)C. The Kier molecular flexibility index (Phi) is 5.83. The molecule has 0 fully saturated rings. The predicted octanol–water partition coefficient (Wildman–Crippen LogP) is 1.74. The molecule has 1 aromatic rings. The Morgan fingerprint density at radius 1 is 1.42 bits per heavy atom. The van der Waals surface area contributed by atoms with E-state index < -0.39 is 0 Å². The van der Waals surface area contributed by atoms with Crippen molar-refractivity contribution in [2.45, 2.75) is 32.7 Å². The van der Waals surface area contributed by atoms with Crippen molar-refractivity contribution in [3.05, 3.63) is 29.3 Å². The lowest BCUT2D eigenvalue weighted by Gasteiger charge is -2.16. The number of nitrogens with two attached hydrogens (primary N) is 1. The van der Waals surface area contributed by atoms with Crippen molar-refractivity contribution >= 4 is 5.91 Å². The van der Waals surface area contributed by atoms with Crippen LogP contribution in [0.25, 0.3) is 0 Å². The van der Waals surface area contributed by atoms with Gasteiger partial charge in [0, 0.05) is 20.1 Å². The third-order valence-electron chi connectivity index (χ3n) is 2.90. The number of amides is 1. The summed E-state index contributed by atoms with van der Waals surface area (Å²) in [6.45, 7) is 4.38. The van der Waals surface area contributed by atoms with Crippen LogP contribution in [0.5, 0.6) is 5.75 Å². The maximum atomic E-state index is 11.5. The lowest BCUT2D eigenvalue weighted by molar-refractivity contribution is -0.129. The van der Waals surface area contributed by atoms with Gasteiger partial charge >= 0.3 is 0 Å². The van der Waals surface area contributed by atoms with Crippen LogP contribution in [-0.2, 0) is 11.2 Å². The van der Waals surface area contributed by atoms with Crippen molar-refractivity contribution in [3.8, 4) is 5.75 Å². The summed E-state index contributed by atoms with van der Waals surface area (Å²) < 4.78 is 5.79. The normalized spacial score (nSPS) is 12.1. The van der Waals surface area contributed by atoms with E-state index in [-0.39, 0.29) is 11.9 Å². The summed E-state index contributed by atoms with van der Waals surface area (Å²) in [5.74, 6) is 0.939. The highest BCUT2D eigenvalue weighted by atomic mass is 16.5. The molecule has 0 aliphatic carbocycles. The number of ether oxygens (including phenoxy) is 1. The van der Waals surface area contributed by atoms with Crippen LogP contribution in [0, 0.1) is 6.92 Å². The highest BCUT2D eigenvalue weighted by molar-refractivity contribution is 5.75. The Morgan fingerprint density at radius 3 is 2.68 bits per heavy atom. The molecule has 106 valence electrons. The standard InChI is InChI=1S/C15H24N2O2/c1-11-6-5-7-13(10-12(2)16)15(11)19-9-8-14(18)17(3)4/h5-7,12H,8-10,16H2,1-4H3. The zero-order chi connectivity index (χ0) is 14.4. The van der Waals surface area contributed by atoms with Gasteiger partial charge in [0.1, 0.15) is 5.75 Å². The summed E-state index contributed by atoms with van der Waals surface area (Å²) in [5.41, 5.74) is 8.03. The third-order valence-corrected chi connectivity index (χ3v) is 2.90. The van der Waals surface area contributed by atoms with E-state index in [9.17, 15) is 4.79 Å². The fourth-order valence-electron chi connectivity index (χ4n) is 1.89. The third kappa shape index (κ3) is 4.91. The number of carbonyl (C=O) groups is 1. The second-order valence-electron chi connectivity index (χ2n) is 5.13. The van der Waals surface area contributed by atoms with Gasteiger partial charge in [0.15, 0.2) is 0 Å². The molecule has 0 saturated carbocycles. The van der Waals surface area contributed by atoms with E-state index in [2.05, 4.69) is 0 Å². The van der Waals surface area contributed by atoms with Crippen molar-refractivity contribution in [1.82, 2.24) is 4.90 Å². The smallest absolute Gasteiger partial charge is 0.225 e. The number of hydrogen-bond donors (Lipinski definition) is 1. The van der Waals surface area contributed by atoms with Crippen LogP contribution in [0.2, 0.25) is 0 Å². The maximum Gasteiger partial charge on any atom is 0.225 e. The van der Waals surface area contributed by atoms with Crippen molar-refractivity contribution in [3.63, 3.8) is 0 Å². The highest BCUT2D eigenvalue weighted by Crippen LogP contribution is 2.24. The summed E-state index contributed by atoms with van der Waals surface area (Å²) in [6.07, 6.45) is 1.16. The van der Waals surface area contributed by atoms with E-state index in [1.807, 2.05) is 32.0 Å². The highest BCUT2D eigenvalue weighted by Gasteiger charge is 2.10. The summed E-state index contributed by atoms with van der Waals surface area (Å²) >= 11 is 0. The summed E-state index contributed by atoms with van der Waals surface area (Å²) in [6, 6.07) is 6.13. The first-order valence-electron chi connectivity index (χ1n) is 6.59. The van der Waals surface area contributed by atoms with Crippen LogP contribution in [0.3, 0.4) is 0 Å². The van der Waals surface area contributed by atoms with Gasteiger partial charge in [-0.2, -0.15) is 0 Å². The van der Waals surface area contributed by atoms with E-state index in [1.165, 1.54) is 0 Å². The van der Waals surface area contributed by atoms with Gasteiger partial charge in [-0.3, -0.25) is 4.79 Å². The van der Waals surface area contributed by atoms with Gasteiger partial charge in [-0.25, -0.2) is 0 Å². The largest absolute Gasteiger partial charge is 0.492 e. The molecule has 1 amide bonds. The number of nitrogens with zero attached hydrogens (tertiary/aromatic N) is 1. The van der Waals surface area contributed by atoms with Gasteiger partial charge in [-0.05, 0) is 31.4 Å². The van der Waals surface area contributed by atoms with E-state index in [1.54, 1.807) is 19.0 Å². The zero-order valence-corrected chi connectivity index (χ0v) is 12.3. The molecule has 1 unspecified atom stereocenters. The van der Waals surface area contributed by atoms with E-state index in [0.717, 1.165) is 23.3 Å². The van der Waals surface area contributed by atoms with Gasteiger partial charge in [0.25, 0.3) is 0 Å². The first-order chi connectivity index (χ1) is 8.91. The van der Waals surface area contributed by atoms with E-state index in [0.29, 0.717) is 13.0 Å². The molecule has 19 heavy (non-hydrogen) atoms. The number of carbonyl (C=O) groups excluding carboxylic acids is 1. The topological polar surface area (TPSA) is 55.6 Å². The second-order valence-corrected chi connectivity index (χ2v) is 5.13. The summed E-state index contributed by atoms with van der Waals surface area (Å²) in [7, 11) is 3.50. The van der Waals surface area contributed by atoms with Crippen LogP contribution < -0.4 is 10.5 Å². The second kappa shape index (κ2) is 7.14. The molecule has 0 aliphatic rings. The lowest BCUT2D eigenvalue weighted by Crippen LogP contribution is -2.23. The van der Waals surface area contributed by atoms with Gasteiger partial charge in [-0.1, -0.05) is 18.2 Å². The van der Waals surface area contributed by atoms with Gasteiger partial charge in [-0.15, -0.1) is 0 Å². The molecule has 0 bridgehead atoms. The number of hydrogen-bond acceptors (Lipinski definition) is 3. The minimum Gasteiger partial charge on any atom is -0.492 e. The Balaban J connectivity index is 2.68. The minimum absolute atomic E-state index is 0.0716. The van der Waals surface area contributed by atoms with Crippen molar-refractivity contribution < 1.29 is 9.53 Å². The van der Waals surface area contributed by atoms with Gasteiger partial charge in [0.2, 0.25) is 5.91 Å². The van der Waals surface area contributed by atoms with Gasteiger partial charge < -0.3 is 15.4 Å². The lowest BCUT2D eigenvalue weighted by atomic mass is 10.0. The number of benzene rings is 1. The molecule has 0 spiro atoms. The van der Waals surface area contributed by atoms with Crippen molar-refractivity contribution in [2.75, 3.05) is 20.7 Å². The van der Waals surface area contributed by atoms with Crippen LogP contribution >= 0.6 is 0 Å². The molecule has 0 radical (unpaired) electrons. The Bertz CT molecular complexity index is 428. The molecule has 0 heterocycles. The molecule has 1 rings (SSSR count). The van der Waals surface area contributed by atoms with Crippen LogP contribution in [0.1, 0.15) is 24.5 Å². The first-order valence-corrected chi connectivity index (χ1v) is 6.59. The molecule has 1 atom stereocenters.